The molecule has 106 valence electrons. The Morgan fingerprint density at radius 2 is 2.00 bits per heavy atom. The molecule has 0 aromatic carbocycles. The van der Waals surface area contributed by atoms with E-state index in [1.54, 1.807) is 0 Å². The number of sulfonamides is 1. The van der Waals surface area contributed by atoms with E-state index in [1.165, 1.54) is 10.6 Å². The molecule has 1 atom stereocenters. The number of carbonyl (C=O) groups is 1. The summed E-state index contributed by atoms with van der Waals surface area (Å²) in [4.78, 5) is 12.0. The third-order valence-corrected chi connectivity index (χ3v) is 4.29. The second kappa shape index (κ2) is 5.57. The number of amides is 1. The van der Waals surface area contributed by atoms with Crippen molar-refractivity contribution in [1.82, 2.24) is 9.62 Å². The Hall–Kier alpha value is -0.620. The summed E-state index contributed by atoms with van der Waals surface area (Å²) in [6.45, 7) is 7.61. The molecule has 1 aliphatic heterocycles. The van der Waals surface area contributed by atoms with Crippen LogP contribution in [0.4, 0.5) is 0 Å². The van der Waals surface area contributed by atoms with Crippen LogP contribution in [-0.2, 0) is 14.8 Å². The molecule has 0 aliphatic carbocycles. The Morgan fingerprint density at radius 1 is 1.39 bits per heavy atom. The monoisotopic (exact) mass is 276 g/mol. The first-order valence-corrected chi connectivity index (χ1v) is 8.17. The minimum atomic E-state index is -3.18. The number of carbonyl (C=O) groups excluding carboxylic acids is 1. The van der Waals surface area contributed by atoms with Crippen LogP contribution in [0.15, 0.2) is 0 Å². The van der Waals surface area contributed by atoms with Gasteiger partial charge in [0.25, 0.3) is 0 Å². The van der Waals surface area contributed by atoms with Crippen molar-refractivity contribution >= 4 is 15.9 Å². The van der Waals surface area contributed by atoms with Crippen LogP contribution in [-0.4, -0.2) is 44.5 Å². The summed E-state index contributed by atoms with van der Waals surface area (Å²) < 4.78 is 24.3. The van der Waals surface area contributed by atoms with E-state index in [4.69, 9.17) is 0 Å². The summed E-state index contributed by atoms with van der Waals surface area (Å²) in [7, 11) is -3.18. The van der Waals surface area contributed by atoms with Crippen molar-refractivity contribution in [2.75, 3.05) is 25.9 Å². The Labute approximate surface area is 110 Å². The molecule has 0 bridgehead atoms. The fourth-order valence-electron chi connectivity index (χ4n) is 1.95. The van der Waals surface area contributed by atoms with Crippen LogP contribution in [0.3, 0.4) is 0 Å². The average Bonchev–Trinajstić information content (AvgIpc) is 2.24. The maximum Gasteiger partial charge on any atom is 0.224 e. The predicted octanol–water partition coefficient (Wildman–Crippen LogP) is 0.820. The molecule has 0 aromatic heterocycles. The fourth-order valence-corrected chi connectivity index (χ4v) is 2.87. The minimum Gasteiger partial charge on any atom is -0.355 e. The lowest BCUT2D eigenvalue weighted by Gasteiger charge is -2.30. The Bertz CT molecular complexity index is 398. The van der Waals surface area contributed by atoms with Crippen LogP contribution in [0.5, 0.6) is 0 Å². The molecule has 1 amide bonds. The zero-order valence-electron chi connectivity index (χ0n) is 11.7. The first-order valence-electron chi connectivity index (χ1n) is 6.32. The van der Waals surface area contributed by atoms with Gasteiger partial charge in [0.1, 0.15) is 0 Å². The van der Waals surface area contributed by atoms with Gasteiger partial charge in [-0.25, -0.2) is 12.7 Å². The molecular weight excluding hydrogens is 252 g/mol. The first-order chi connectivity index (χ1) is 8.09. The predicted molar refractivity (Wildman–Crippen MR) is 71.6 cm³/mol. The van der Waals surface area contributed by atoms with Crippen LogP contribution in [0.25, 0.3) is 0 Å². The Kier molecular flexibility index (Phi) is 4.78. The molecule has 0 saturated carbocycles. The summed E-state index contributed by atoms with van der Waals surface area (Å²) in [6, 6.07) is 0. The molecule has 5 nitrogen and oxygen atoms in total. The van der Waals surface area contributed by atoms with Crippen molar-refractivity contribution in [3.63, 3.8) is 0 Å². The Balaban J connectivity index is 2.54. The lowest BCUT2D eigenvalue weighted by molar-refractivity contribution is -0.126. The highest BCUT2D eigenvalue weighted by Gasteiger charge is 2.30. The minimum absolute atomic E-state index is 0.0294. The van der Waals surface area contributed by atoms with Crippen LogP contribution in [0.1, 0.15) is 33.6 Å². The van der Waals surface area contributed by atoms with Crippen LogP contribution < -0.4 is 5.32 Å². The van der Waals surface area contributed by atoms with Gasteiger partial charge in [-0.2, -0.15) is 0 Å². The van der Waals surface area contributed by atoms with E-state index in [0.717, 1.165) is 12.8 Å². The van der Waals surface area contributed by atoms with Gasteiger partial charge in [-0.3, -0.25) is 4.79 Å². The van der Waals surface area contributed by atoms with E-state index < -0.39 is 10.0 Å². The van der Waals surface area contributed by atoms with E-state index in [0.29, 0.717) is 19.6 Å². The second-order valence-electron chi connectivity index (χ2n) is 6.24. The summed E-state index contributed by atoms with van der Waals surface area (Å²) in [5.41, 5.74) is 0.0425. The highest BCUT2D eigenvalue weighted by molar-refractivity contribution is 7.88. The van der Waals surface area contributed by atoms with Gasteiger partial charge in [0, 0.05) is 19.6 Å². The van der Waals surface area contributed by atoms with E-state index in [-0.39, 0.29) is 17.2 Å². The lowest BCUT2D eigenvalue weighted by Crippen LogP contribution is -2.46. The molecule has 1 heterocycles. The molecule has 1 rings (SSSR count). The average molecular weight is 276 g/mol. The highest BCUT2D eigenvalue weighted by atomic mass is 32.2. The molecule has 1 fully saturated rings. The largest absolute Gasteiger partial charge is 0.355 e. The molecule has 1 aliphatic rings. The Morgan fingerprint density at radius 3 is 2.50 bits per heavy atom. The van der Waals surface area contributed by atoms with Gasteiger partial charge in [-0.1, -0.05) is 20.8 Å². The zero-order valence-corrected chi connectivity index (χ0v) is 12.5. The smallest absolute Gasteiger partial charge is 0.224 e. The molecule has 0 radical (unpaired) electrons. The quantitative estimate of drug-likeness (QED) is 0.830. The van der Waals surface area contributed by atoms with Gasteiger partial charge in [-0.05, 0) is 18.3 Å². The summed E-state index contributed by atoms with van der Waals surface area (Å²) in [5, 5.41) is 2.90. The molecule has 0 spiro atoms. The van der Waals surface area contributed by atoms with Gasteiger partial charge in [0.15, 0.2) is 0 Å². The number of nitrogens with zero attached hydrogens (tertiary/aromatic N) is 1. The third-order valence-electron chi connectivity index (χ3n) is 3.02. The second-order valence-corrected chi connectivity index (χ2v) is 8.22. The van der Waals surface area contributed by atoms with Gasteiger partial charge in [0.2, 0.25) is 15.9 Å². The van der Waals surface area contributed by atoms with Gasteiger partial charge >= 0.3 is 0 Å². The molecule has 18 heavy (non-hydrogen) atoms. The number of nitrogens with one attached hydrogen (secondary N) is 1. The van der Waals surface area contributed by atoms with Crippen LogP contribution in [0, 0.1) is 11.3 Å². The van der Waals surface area contributed by atoms with E-state index in [1.807, 2.05) is 0 Å². The number of hydrogen-bond donors (Lipinski definition) is 1. The van der Waals surface area contributed by atoms with Crippen molar-refractivity contribution in [3.8, 4) is 0 Å². The SMILES string of the molecule is CC(C)(C)CNC(=O)[C@H]1CCCN(S(C)(=O)=O)C1. The van der Waals surface area contributed by atoms with Crippen molar-refractivity contribution in [2.24, 2.45) is 11.3 Å². The lowest BCUT2D eigenvalue weighted by atomic mass is 9.95. The fraction of sp³-hybridized carbons (Fsp3) is 0.917. The number of hydrogen-bond acceptors (Lipinski definition) is 3. The van der Waals surface area contributed by atoms with Crippen molar-refractivity contribution in [1.29, 1.82) is 0 Å². The highest BCUT2D eigenvalue weighted by Crippen LogP contribution is 2.19. The van der Waals surface area contributed by atoms with Crippen molar-refractivity contribution in [3.05, 3.63) is 0 Å². The summed E-state index contributed by atoms with van der Waals surface area (Å²) in [5.74, 6) is -0.242. The molecule has 0 unspecified atom stereocenters. The summed E-state index contributed by atoms with van der Waals surface area (Å²) in [6.07, 6.45) is 2.71. The van der Waals surface area contributed by atoms with E-state index in [2.05, 4.69) is 26.1 Å². The first kappa shape index (κ1) is 15.4. The maximum absolute atomic E-state index is 12.0. The number of piperidine rings is 1. The molecule has 1 N–H and O–H groups in total. The summed E-state index contributed by atoms with van der Waals surface area (Å²) >= 11 is 0. The third kappa shape index (κ3) is 4.94. The number of rotatable bonds is 3. The standard InChI is InChI=1S/C12H24N2O3S/c1-12(2,3)9-13-11(15)10-6-5-7-14(8-10)18(4,16)17/h10H,5-9H2,1-4H3,(H,13,15)/t10-/m0/s1. The molecule has 6 heteroatoms. The van der Waals surface area contributed by atoms with Crippen LogP contribution in [0.2, 0.25) is 0 Å². The van der Waals surface area contributed by atoms with Crippen molar-refractivity contribution in [2.45, 2.75) is 33.6 Å². The van der Waals surface area contributed by atoms with Gasteiger partial charge in [-0.15, -0.1) is 0 Å². The van der Waals surface area contributed by atoms with Crippen LogP contribution >= 0.6 is 0 Å². The van der Waals surface area contributed by atoms with E-state index in [9.17, 15) is 13.2 Å². The molecule has 0 aromatic rings. The molecular formula is C12H24N2O3S. The van der Waals surface area contributed by atoms with Crippen molar-refractivity contribution < 1.29 is 13.2 Å². The zero-order chi connectivity index (χ0) is 14.0. The molecule has 1 saturated heterocycles. The van der Waals surface area contributed by atoms with Gasteiger partial charge in [0.05, 0.1) is 12.2 Å². The topological polar surface area (TPSA) is 66.5 Å². The van der Waals surface area contributed by atoms with E-state index >= 15 is 0 Å². The normalized spacial score (nSPS) is 22.8. The van der Waals surface area contributed by atoms with Gasteiger partial charge < -0.3 is 5.32 Å². The maximum atomic E-state index is 12.0.